The predicted octanol–water partition coefficient (Wildman–Crippen LogP) is 2.86. The van der Waals surface area contributed by atoms with Gasteiger partial charge in [0.05, 0.1) is 22.8 Å². The van der Waals surface area contributed by atoms with Crippen molar-refractivity contribution in [2.24, 2.45) is 0 Å². The third-order valence-electron chi connectivity index (χ3n) is 4.60. The quantitative estimate of drug-likeness (QED) is 0.799. The molecule has 0 spiro atoms. The van der Waals surface area contributed by atoms with E-state index in [-0.39, 0.29) is 28.2 Å². The average molecular weight is 418 g/mol. The molecule has 1 aromatic rings. The molecule has 1 heterocycles. The number of benzene rings is 1. The Bertz CT molecular complexity index is 701. The van der Waals surface area contributed by atoms with Crippen molar-refractivity contribution in [2.45, 2.75) is 36.5 Å². The number of nitrogens with one attached hydrogen (secondary N) is 1. The molecule has 1 saturated carbocycles. The third kappa shape index (κ3) is 4.12. The van der Waals surface area contributed by atoms with Gasteiger partial charge in [0.1, 0.15) is 0 Å². The Balaban J connectivity index is 1.58. The maximum Gasteiger partial charge on any atom is 0.230 e. The van der Waals surface area contributed by atoms with Gasteiger partial charge >= 0.3 is 0 Å². The van der Waals surface area contributed by atoms with Crippen molar-refractivity contribution in [3.05, 3.63) is 34.3 Å². The van der Waals surface area contributed by atoms with E-state index in [9.17, 15) is 13.2 Å². The lowest BCUT2D eigenvalue weighted by atomic mass is 9.72. The smallest absolute Gasteiger partial charge is 0.230 e. The molecule has 1 atom stereocenters. The maximum atomic E-state index is 12.3. The summed E-state index contributed by atoms with van der Waals surface area (Å²) in [7, 11) is -2.88. The zero-order chi connectivity index (χ0) is 16.5. The standard InChI is InChI=1S/C16H20BrNO3S2/c17-13-4-1-3-12(9-13)16(6-2-7-16)18-15(19)10-22-14-5-8-23(20,21)11-14/h1,3-4,9,14H,2,5-8,10-11H2,(H,18,19)/t14-/m1/s1. The molecule has 0 radical (unpaired) electrons. The Morgan fingerprint density at radius 1 is 1.39 bits per heavy atom. The van der Waals surface area contributed by atoms with E-state index in [0.29, 0.717) is 12.2 Å². The molecule has 1 aromatic carbocycles. The van der Waals surface area contributed by atoms with Gasteiger partial charge in [0.15, 0.2) is 9.84 Å². The normalized spacial score (nSPS) is 24.8. The number of halogens is 1. The van der Waals surface area contributed by atoms with E-state index in [4.69, 9.17) is 0 Å². The highest BCUT2D eigenvalue weighted by molar-refractivity contribution is 9.10. The summed E-state index contributed by atoms with van der Waals surface area (Å²) < 4.78 is 24.0. The van der Waals surface area contributed by atoms with Crippen molar-refractivity contribution in [3.63, 3.8) is 0 Å². The van der Waals surface area contributed by atoms with Crippen LogP contribution in [-0.2, 0) is 20.2 Å². The lowest BCUT2D eigenvalue weighted by Gasteiger charge is -2.43. The van der Waals surface area contributed by atoms with Gasteiger partial charge in [0.2, 0.25) is 5.91 Å². The summed E-state index contributed by atoms with van der Waals surface area (Å²) in [4.78, 5) is 12.3. The minimum Gasteiger partial charge on any atom is -0.346 e. The molecule has 126 valence electrons. The van der Waals surface area contributed by atoms with E-state index in [1.165, 1.54) is 11.8 Å². The summed E-state index contributed by atoms with van der Waals surface area (Å²) in [5, 5.41) is 3.25. The number of carbonyl (C=O) groups is 1. The fourth-order valence-electron chi connectivity index (χ4n) is 3.19. The monoisotopic (exact) mass is 417 g/mol. The minimum absolute atomic E-state index is 0.000950. The summed E-state index contributed by atoms with van der Waals surface area (Å²) in [5.41, 5.74) is 0.892. The van der Waals surface area contributed by atoms with Gasteiger partial charge in [-0.2, -0.15) is 0 Å². The lowest BCUT2D eigenvalue weighted by molar-refractivity contribution is -0.121. The Morgan fingerprint density at radius 3 is 2.74 bits per heavy atom. The molecule has 0 aromatic heterocycles. The van der Waals surface area contributed by atoms with Crippen LogP contribution in [0.1, 0.15) is 31.2 Å². The van der Waals surface area contributed by atoms with Crippen LogP contribution in [-0.4, -0.2) is 36.8 Å². The number of sulfone groups is 1. The molecule has 1 aliphatic heterocycles. The van der Waals surface area contributed by atoms with Gasteiger partial charge in [-0.1, -0.05) is 28.1 Å². The summed E-state index contributed by atoms with van der Waals surface area (Å²) in [6.07, 6.45) is 3.69. The van der Waals surface area contributed by atoms with Gasteiger partial charge in [0, 0.05) is 9.72 Å². The fraction of sp³-hybridized carbons (Fsp3) is 0.562. The lowest BCUT2D eigenvalue weighted by Crippen LogP contribution is -2.51. The number of hydrogen-bond acceptors (Lipinski definition) is 4. The molecular weight excluding hydrogens is 398 g/mol. The highest BCUT2D eigenvalue weighted by atomic mass is 79.9. The Kier molecular flexibility index (Phi) is 5.09. The topological polar surface area (TPSA) is 63.2 Å². The molecule has 3 rings (SSSR count). The van der Waals surface area contributed by atoms with Crippen molar-refractivity contribution >= 4 is 43.4 Å². The molecule has 2 fully saturated rings. The molecule has 1 amide bonds. The van der Waals surface area contributed by atoms with Crippen LogP contribution < -0.4 is 5.32 Å². The summed E-state index contributed by atoms with van der Waals surface area (Å²) in [6.45, 7) is 0. The molecule has 4 nitrogen and oxygen atoms in total. The van der Waals surface area contributed by atoms with Gasteiger partial charge < -0.3 is 5.32 Å². The van der Waals surface area contributed by atoms with Crippen LogP contribution in [0.4, 0.5) is 0 Å². The second kappa shape index (κ2) is 6.76. The van der Waals surface area contributed by atoms with E-state index in [1.807, 2.05) is 12.1 Å². The average Bonchev–Trinajstić information content (AvgIpc) is 2.80. The zero-order valence-corrected chi connectivity index (χ0v) is 16.0. The van der Waals surface area contributed by atoms with Crippen LogP contribution >= 0.6 is 27.7 Å². The van der Waals surface area contributed by atoms with Crippen molar-refractivity contribution in [1.82, 2.24) is 5.32 Å². The van der Waals surface area contributed by atoms with Crippen LogP contribution in [0.2, 0.25) is 0 Å². The van der Waals surface area contributed by atoms with Gasteiger partial charge in [-0.15, -0.1) is 11.8 Å². The number of rotatable bonds is 5. The van der Waals surface area contributed by atoms with Crippen LogP contribution in [0, 0.1) is 0 Å². The van der Waals surface area contributed by atoms with Gasteiger partial charge in [-0.25, -0.2) is 8.42 Å². The van der Waals surface area contributed by atoms with Crippen LogP contribution in [0.25, 0.3) is 0 Å². The summed E-state index contributed by atoms with van der Waals surface area (Å²) in [6, 6.07) is 8.09. The van der Waals surface area contributed by atoms with Crippen LogP contribution in [0.5, 0.6) is 0 Å². The largest absolute Gasteiger partial charge is 0.346 e. The number of amides is 1. The van der Waals surface area contributed by atoms with Crippen LogP contribution in [0.15, 0.2) is 28.7 Å². The number of hydrogen-bond donors (Lipinski definition) is 1. The number of thioether (sulfide) groups is 1. The molecular formula is C16H20BrNO3S2. The highest BCUT2D eigenvalue weighted by Gasteiger charge is 2.40. The van der Waals surface area contributed by atoms with E-state index >= 15 is 0 Å². The van der Waals surface area contributed by atoms with Gasteiger partial charge in [-0.3, -0.25) is 4.79 Å². The summed E-state index contributed by atoms with van der Waals surface area (Å²) in [5.74, 6) is 0.797. The molecule has 2 aliphatic rings. The second-order valence-corrected chi connectivity index (χ2v) is 10.8. The minimum atomic E-state index is -2.88. The van der Waals surface area contributed by atoms with E-state index in [2.05, 4.69) is 33.4 Å². The first kappa shape index (κ1) is 17.3. The van der Waals surface area contributed by atoms with E-state index < -0.39 is 9.84 Å². The van der Waals surface area contributed by atoms with Crippen molar-refractivity contribution in [1.29, 1.82) is 0 Å². The first-order chi connectivity index (χ1) is 10.9. The highest BCUT2D eigenvalue weighted by Crippen LogP contribution is 2.42. The molecule has 1 N–H and O–H groups in total. The summed E-state index contributed by atoms with van der Waals surface area (Å²) >= 11 is 4.95. The molecule has 1 aliphatic carbocycles. The Hall–Kier alpha value is -0.530. The maximum absolute atomic E-state index is 12.3. The fourth-order valence-corrected chi connectivity index (χ4v) is 7.03. The van der Waals surface area contributed by atoms with Crippen molar-refractivity contribution in [2.75, 3.05) is 17.3 Å². The SMILES string of the molecule is O=C(CS[C@@H]1CCS(=O)(=O)C1)NC1(c2cccc(Br)c2)CCC1. The molecule has 0 bridgehead atoms. The van der Waals surface area contributed by atoms with Gasteiger partial charge in [-0.05, 0) is 43.4 Å². The molecule has 23 heavy (non-hydrogen) atoms. The molecule has 1 saturated heterocycles. The second-order valence-electron chi connectivity index (χ2n) is 6.33. The Morgan fingerprint density at radius 2 is 2.17 bits per heavy atom. The molecule has 0 unspecified atom stereocenters. The molecule has 7 heteroatoms. The first-order valence-corrected chi connectivity index (χ1v) is 11.4. The predicted molar refractivity (Wildman–Crippen MR) is 97.3 cm³/mol. The van der Waals surface area contributed by atoms with Crippen molar-refractivity contribution in [3.8, 4) is 0 Å². The first-order valence-electron chi connectivity index (χ1n) is 7.78. The third-order valence-corrected chi connectivity index (χ3v) is 8.38. The van der Waals surface area contributed by atoms with Gasteiger partial charge in [0.25, 0.3) is 0 Å². The van der Waals surface area contributed by atoms with E-state index in [1.54, 1.807) is 0 Å². The Labute approximate surface area is 149 Å². The zero-order valence-electron chi connectivity index (χ0n) is 12.8. The van der Waals surface area contributed by atoms with Crippen molar-refractivity contribution < 1.29 is 13.2 Å². The van der Waals surface area contributed by atoms with E-state index in [0.717, 1.165) is 29.3 Å². The van der Waals surface area contributed by atoms with Crippen LogP contribution in [0.3, 0.4) is 0 Å². The number of carbonyl (C=O) groups excluding carboxylic acids is 1.